The van der Waals surface area contributed by atoms with Crippen molar-refractivity contribution in [2.45, 2.75) is 24.5 Å². The molecule has 0 aromatic heterocycles. The van der Waals surface area contributed by atoms with Gasteiger partial charge in [-0.1, -0.05) is 0 Å². The Morgan fingerprint density at radius 2 is 1.73 bits per heavy atom. The number of ketones is 2. The van der Waals surface area contributed by atoms with Gasteiger partial charge in [0.2, 0.25) is 5.78 Å². The molecule has 0 fully saturated rings. The fourth-order valence-corrected chi connectivity index (χ4v) is 5.92. The highest BCUT2D eigenvalue weighted by Crippen LogP contribution is 2.53. The zero-order valence-electron chi connectivity index (χ0n) is 19.3. The maximum atomic E-state index is 13.4. The molecule has 0 spiro atoms. The molecule has 14 nitrogen and oxygen atoms in total. The zero-order chi connectivity index (χ0) is 28.4. The van der Waals surface area contributed by atoms with Crippen molar-refractivity contribution in [1.82, 2.24) is 4.90 Å². The minimum atomic E-state index is -4.67. The van der Waals surface area contributed by atoms with E-state index in [1.54, 1.807) is 14.1 Å². The Morgan fingerprint density at radius 1 is 1.19 bits per heavy atom. The molecule has 0 saturated carbocycles. The summed E-state index contributed by atoms with van der Waals surface area (Å²) >= 11 is 1.82. The number of aliphatic hydroxyl groups is 3. The number of nitrogens with two attached hydrogens (primary N) is 2. The number of amides is 1. The number of rotatable bonds is 2. The molecular weight excluding hydrogens is 629 g/mol. The Labute approximate surface area is 224 Å². The topological polar surface area (TPSA) is 262 Å². The number of likely N-dealkylation sites (N-methyl/N-ethyl adjacent to an activating group) is 1. The third-order valence-corrected chi connectivity index (χ3v) is 7.53. The smallest absolute Gasteiger partial charge is 0.394 e. The Bertz CT molecular complexity index is 1390. The molecule has 16 heteroatoms. The molecular formula is C21H24IN3O11S. The number of primary amides is 1. The summed E-state index contributed by atoms with van der Waals surface area (Å²) in [7, 11) is -1.52. The average Bonchev–Trinajstić information content (AvgIpc) is 2.73. The number of carbonyl (C=O) groups excluding carboxylic acids is 3. The molecule has 0 aliphatic heterocycles. The Balaban J connectivity index is 0.000000695. The second-order valence-electron chi connectivity index (χ2n) is 9.06. The van der Waals surface area contributed by atoms with Crippen molar-refractivity contribution in [3.8, 4) is 5.75 Å². The summed E-state index contributed by atoms with van der Waals surface area (Å²) in [6, 6.07) is 0.513. The molecule has 1 aromatic carbocycles. The molecule has 10 N–H and O–H groups in total. The second-order valence-corrected chi connectivity index (χ2v) is 11.1. The van der Waals surface area contributed by atoms with Crippen LogP contribution >= 0.6 is 22.6 Å². The highest BCUT2D eigenvalue weighted by molar-refractivity contribution is 14.1. The van der Waals surface area contributed by atoms with Crippen LogP contribution in [0.3, 0.4) is 0 Å². The van der Waals surface area contributed by atoms with E-state index < -0.39 is 68.4 Å². The van der Waals surface area contributed by atoms with Crippen LogP contribution in [0.15, 0.2) is 28.7 Å². The van der Waals surface area contributed by atoms with Gasteiger partial charge in [0.05, 0.1) is 15.2 Å². The molecule has 4 rings (SSSR count). The van der Waals surface area contributed by atoms with E-state index in [9.17, 15) is 34.8 Å². The van der Waals surface area contributed by atoms with E-state index in [0.29, 0.717) is 14.8 Å². The van der Waals surface area contributed by atoms with E-state index >= 15 is 0 Å². The molecule has 0 saturated heterocycles. The number of Topliss-reactive ketones (excluding diaryl/α,β-unsaturated/α-hetero) is 2. The van der Waals surface area contributed by atoms with Gasteiger partial charge in [-0.15, -0.1) is 0 Å². The number of hydrogen-bond donors (Lipinski definition) is 8. The number of allylic oxidation sites excluding steroid dienone is 1. The fraction of sp³-hybridized carbons (Fsp3) is 0.381. The van der Waals surface area contributed by atoms with E-state index in [0.717, 1.165) is 0 Å². The van der Waals surface area contributed by atoms with Crippen LogP contribution in [0.1, 0.15) is 22.3 Å². The van der Waals surface area contributed by atoms with Crippen LogP contribution in [0.25, 0.3) is 0 Å². The number of phenols is 1. The number of fused-ring (bicyclic) bond motifs is 3. The summed E-state index contributed by atoms with van der Waals surface area (Å²) in [5.41, 5.74) is 8.34. The van der Waals surface area contributed by atoms with E-state index in [1.807, 2.05) is 22.6 Å². The lowest BCUT2D eigenvalue weighted by Crippen LogP contribution is -2.63. The number of carbonyl (C=O) groups is 3. The third kappa shape index (κ3) is 4.68. The summed E-state index contributed by atoms with van der Waals surface area (Å²) in [4.78, 5) is 40.0. The second kappa shape index (κ2) is 9.52. The SMILES string of the molecule is CN(C)[C@@H]1C(O)=C(C(N)=O)C(=O)C2(O)C(O)=C3C(=O)c4c(O)c(I)cc(N)c4CC3CC12.O=S(=O)(O)O. The van der Waals surface area contributed by atoms with Crippen molar-refractivity contribution >= 4 is 56.2 Å². The molecule has 0 bridgehead atoms. The highest BCUT2D eigenvalue weighted by atomic mass is 127. The van der Waals surface area contributed by atoms with Gasteiger partial charge < -0.3 is 31.9 Å². The van der Waals surface area contributed by atoms with Crippen LogP contribution in [0.5, 0.6) is 5.75 Å². The van der Waals surface area contributed by atoms with Crippen LogP contribution in [-0.2, 0) is 26.4 Å². The quantitative estimate of drug-likeness (QED) is 0.0668. The molecule has 1 aromatic rings. The third-order valence-electron chi connectivity index (χ3n) is 6.71. The molecule has 0 heterocycles. The molecule has 4 atom stereocenters. The molecule has 1 amide bonds. The van der Waals surface area contributed by atoms with Crippen molar-refractivity contribution in [3.05, 3.63) is 43.4 Å². The summed E-state index contributed by atoms with van der Waals surface area (Å²) in [5.74, 6) is -6.77. The van der Waals surface area contributed by atoms with Gasteiger partial charge in [0.1, 0.15) is 22.8 Å². The maximum absolute atomic E-state index is 13.4. The first-order chi connectivity index (χ1) is 16.8. The number of benzene rings is 1. The standard InChI is InChI=1S/C21H22IN3O7.H2O4S/c1-25(2)14-8-4-6-3-7-10(23)5-9(22)15(26)12(7)16(27)11(6)18(29)21(8,32)19(30)13(17(14)28)20(24)31;1-5(2,3)4/h5-6,8,14,26,28-29,32H,3-4,23H2,1-2H3,(H2,24,31);(H2,1,2,3,4)/t6?,8?,14-,21?;/m0./s1. The lowest BCUT2D eigenvalue weighted by molar-refractivity contribution is -0.148. The average molecular weight is 653 g/mol. The van der Waals surface area contributed by atoms with Gasteiger partial charge in [0, 0.05) is 17.2 Å². The summed E-state index contributed by atoms with van der Waals surface area (Å²) in [6.45, 7) is 0. The fourth-order valence-electron chi connectivity index (χ4n) is 5.31. The molecule has 3 unspecified atom stereocenters. The van der Waals surface area contributed by atoms with Crippen molar-refractivity contribution in [3.63, 3.8) is 0 Å². The van der Waals surface area contributed by atoms with E-state index in [4.69, 9.17) is 29.0 Å². The molecule has 3 aliphatic carbocycles. The van der Waals surface area contributed by atoms with Crippen LogP contribution in [-0.4, -0.2) is 86.1 Å². The van der Waals surface area contributed by atoms with Gasteiger partial charge in [-0.3, -0.25) is 28.4 Å². The Morgan fingerprint density at radius 3 is 2.22 bits per heavy atom. The minimum absolute atomic E-state index is 0.0257. The summed E-state index contributed by atoms with van der Waals surface area (Å²) in [5, 5.41) is 43.8. The number of aromatic hydroxyl groups is 1. The monoisotopic (exact) mass is 653 g/mol. The number of phenolic OH excluding ortho intramolecular Hbond substituents is 1. The zero-order valence-corrected chi connectivity index (χ0v) is 22.3. The lowest BCUT2D eigenvalue weighted by atomic mass is 9.58. The first kappa shape index (κ1) is 28.8. The number of nitrogens with zero attached hydrogens (tertiary/aromatic N) is 1. The number of halogens is 1. The van der Waals surface area contributed by atoms with E-state index in [2.05, 4.69) is 0 Å². The highest BCUT2D eigenvalue weighted by Gasteiger charge is 2.63. The van der Waals surface area contributed by atoms with Crippen molar-refractivity contribution < 1.29 is 52.3 Å². The predicted octanol–water partition coefficient (Wildman–Crippen LogP) is -0.345. The van der Waals surface area contributed by atoms with Crippen LogP contribution < -0.4 is 11.5 Å². The molecule has 3 aliphatic rings. The van der Waals surface area contributed by atoms with Gasteiger partial charge in [-0.05, 0) is 67.1 Å². The lowest BCUT2D eigenvalue weighted by Gasteiger charge is -2.50. The normalized spacial score (nSPS) is 27.3. The largest absolute Gasteiger partial charge is 0.510 e. The predicted molar refractivity (Wildman–Crippen MR) is 135 cm³/mol. The summed E-state index contributed by atoms with van der Waals surface area (Å²) < 4.78 is 31.9. The van der Waals surface area contributed by atoms with Gasteiger partial charge in [-0.25, -0.2) is 0 Å². The minimum Gasteiger partial charge on any atom is -0.510 e. The van der Waals surface area contributed by atoms with Crippen molar-refractivity contribution in [1.29, 1.82) is 0 Å². The van der Waals surface area contributed by atoms with Gasteiger partial charge in [-0.2, -0.15) is 8.42 Å². The van der Waals surface area contributed by atoms with Crippen LogP contribution in [0.2, 0.25) is 0 Å². The van der Waals surface area contributed by atoms with Gasteiger partial charge >= 0.3 is 10.4 Å². The van der Waals surface area contributed by atoms with Gasteiger partial charge in [0.15, 0.2) is 11.4 Å². The Kier molecular flexibility index (Phi) is 7.41. The molecule has 0 radical (unpaired) electrons. The number of nitrogen functional groups attached to an aromatic ring is 1. The molecule has 202 valence electrons. The maximum Gasteiger partial charge on any atom is 0.394 e. The van der Waals surface area contributed by atoms with Crippen molar-refractivity contribution in [2.24, 2.45) is 17.6 Å². The van der Waals surface area contributed by atoms with Crippen LogP contribution in [0.4, 0.5) is 5.69 Å². The van der Waals surface area contributed by atoms with Crippen molar-refractivity contribution in [2.75, 3.05) is 19.8 Å². The first-order valence-corrected chi connectivity index (χ1v) is 13.0. The first-order valence-electron chi connectivity index (χ1n) is 10.5. The Hall–Kier alpha value is -2.77. The van der Waals surface area contributed by atoms with Gasteiger partial charge in [0.25, 0.3) is 5.91 Å². The van der Waals surface area contributed by atoms with E-state index in [1.165, 1.54) is 11.0 Å². The molecule has 37 heavy (non-hydrogen) atoms. The number of aliphatic hydroxyl groups excluding tert-OH is 2. The van der Waals surface area contributed by atoms with E-state index in [-0.39, 0.29) is 29.7 Å². The van der Waals surface area contributed by atoms with Crippen LogP contribution in [0, 0.1) is 15.4 Å². The number of hydrogen-bond acceptors (Lipinski definition) is 11. The number of anilines is 1. The summed E-state index contributed by atoms with van der Waals surface area (Å²) in [6.07, 6.45) is 0.197.